The van der Waals surface area contributed by atoms with Crippen LogP contribution < -0.4 is 5.32 Å². The lowest BCUT2D eigenvalue weighted by Crippen LogP contribution is -2.38. The second-order valence-electron chi connectivity index (χ2n) is 7.23. The maximum absolute atomic E-state index is 3.59. The van der Waals surface area contributed by atoms with E-state index in [4.69, 9.17) is 0 Å². The average molecular weight is 237 g/mol. The van der Waals surface area contributed by atoms with Crippen LogP contribution in [0.3, 0.4) is 0 Å². The molecule has 4 unspecified atom stereocenters. The zero-order chi connectivity index (χ0) is 12.5. The third-order valence-electron chi connectivity index (χ3n) is 5.79. The van der Waals surface area contributed by atoms with Gasteiger partial charge in [-0.15, -0.1) is 0 Å². The summed E-state index contributed by atoms with van der Waals surface area (Å²) in [5.41, 5.74) is 0.505. The topological polar surface area (TPSA) is 12.0 Å². The lowest BCUT2D eigenvalue weighted by molar-refractivity contribution is 0.131. The number of hydrogen-bond acceptors (Lipinski definition) is 1. The lowest BCUT2D eigenvalue weighted by Gasteiger charge is -2.38. The van der Waals surface area contributed by atoms with Crippen molar-refractivity contribution in [3.63, 3.8) is 0 Å². The molecule has 2 aliphatic rings. The fraction of sp³-hybridized carbons (Fsp3) is 1.00. The first-order valence-electron chi connectivity index (χ1n) is 7.76. The molecule has 1 nitrogen and oxygen atoms in total. The van der Waals surface area contributed by atoms with Crippen LogP contribution in [-0.2, 0) is 0 Å². The highest BCUT2D eigenvalue weighted by atomic mass is 14.9. The Morgan fingerprint density at radius 3 is 2.47 bits per heavy atom. The second kappa shape index (κ2) is 5.30. The van der Waals surface area contributed by atoms with Crippen molar-refractivity contribution in [2.24, 2.45) is 29.1 Å². The Kier molecular flexibility index (Phi) is 4.18. The summed E-state index contributed by atoms with van der Waals surface area (Å²) < 4.78 is 0. The van der Waals surface area contributed by atoms with Gasteiger partial charge in [-0.25, -0.2) is 0 Å². The molecule has 17 heavy (non-hydrogen) atoms. The van der Waals surface area contributed by atoms with Crippen molar-refractivity contribution in [3.05, 3.63) is 0 Å². The Morgan fingerprint density at radius 2 is 2.00 bits per heavy atom. The van der Waals surface area contributed by atoms with Crippen molar-refractivity contribution in [3.8, 4) is 0 Å². The van der Waals surface area contributed by atoms with Crippen molar-refractivity contribution in [2.45, 2.75) is 59.8 Å². The van der Waals surface area contributed by atoms with Gasteiger partial charge < -0.3 is 5.32 Å². The third kappa shape index (κ3) is 2.86. The van der Waals surface area contributed by atoms with Crippen LogP contribution in [-0.4, -0.2) is 13.1 Å². The summed E-state index contributed by atoms with van der Waals surface area (Å²) >= 11 is 0. The van der Waals surface area contributed by atoms with Gasteiger partial charge in [0.15, 0.2) is 0 Å². The molecule has 0 aliphatic heterocycles. The normalized spacial score (nSPS) is 35.5. The van der Waals surface area contributed by atoms with E-state index >= 15 is 0 Å². The van der Waals surface area contributed by atoms with Crippen LogP contribution in [0.15, 0.2) is 0 Å². The minimum Gasteiger partial charge on any atom is -0.316 e. The zero-order valence-corrected chi connectivity index (χ0v) is 12.3. The van der Waals surface area contributed by atoms with Gasteiger partial charge in [0.25, 0.3) is 0 Å². The molecule has 2 fully saturated rings. The van der Waals surface area contributed by atoms with Gasteiger partial charge in [-0.1, -0.05) is 34.1 Å². The summed E-state index contributed by atoms with van der Waals surface area (Å²) in [6, 6.07) is 0. The van der Waals surface area contributed by atoms with Crippen LogP contribution in [0.5, 0.6) is 0 Å². The molecule has 0 spiro atoms. The molecule has 1 N–H and O–H groups in total. The molecule has 1 heteroatoms. The highest BCUT2D eigenvalue weighted by Gasteiger charge is 2.43. The molecule has 0 amide bonds. The van der Waals surface area contributed by atoms with Crippen LogP contribution >= 0.6 is 0 Å². The van der Waals surface area contributed by atoms with Gasteiger partial charge in [-0.3, -0.25) is 0 Å². The van der Waals surface area contributed by atoms with E-state index < -0.39 is 0 Å². The molecule has 0 heterocycles. The van der Waals surface area contributed by atoms with E-state index in [1.807, 2.05) is 0 Å². The van der Waals surface area contributed by atoms with Gasteiger partial charge in [0.2, 0.25) is 0 Å². The first-order valence-corrected chi connectivity index (χ1v) is 7.76. The molecule has 0 radical (unpaired) electrons. The van der Waals surface area contributed by atoms with E-state index in [0.29, 0.717) is 5.41 Å². The van der Waals surface area contributed by atoms with E-state index in [9.17, 15) is 0 Å². The fourth-order valence-corrected chi connectivity index (χ4v) is 4.15. The Labute approximate surface area is 108 Å². The van der Waals surface area contributed by atoms with Gasteiger partial charge in [0.1, 0.15) is 0 Å². The molecule has 4 atom stereocenters. The van der Waals surface area contributed by atoms with Crippen molar-refractivity contribution >= 4 is 0 Å². The molecule has 2 bridgehead atoms. The summed E-state index contributed by atoms with van der Waals surface area (Å²) in [5, 5.41) is 3.59. The largest absolute Gasteiger partial charge is 0.316 e. The minimum atomic E-state index is 0.505. The third-order valence-corrected chi connectivity index (χ3v) is 5.79. The van der Waals surface area contributed by atoms with Crippen LogP contribution in [0.25, 0.3) is 0 Å². The molecule has 100 valence electrons. The van der Waals surface area contributed by atoms with Crippen molar-refractivity contribution in [2.75, 3.05) is 13.1 Å². The van der Waals surface area contributed by atoms with Crippen LogP contribution in [0.2, 0.25) is 0 Å². The molecule has 2 saturated carbocycles. The van der Waals surface area contributed by atoms with Gasteiger partial charge in [-0.2, -0.15) is 0 Å². The monoisotopic (exact) mass is 237 g/mol. The minimum absolute atomic E-state index is 0.505. The smallest absolute Gasteiger partial charge is 0.000760 e. The second-order valence-corrected chi connectivity index (χ2v) is 7.23. The first kappa shape index (κ1) is 13.4. The molecular weight excluding hydrogens is 206 g/mol. The molecule has 0 saturated heterocycles. The van der Waals surface area contributed by atoms with Gasteiger partial charge >= 0.3 is 0 Å². The van der Waals surface area contributed by atoms with E-state index in [1.165, 1.54) is 25.8 Å². The predicted molar refractivity (Wildman–Crippen MR) is 75.0 cm³/mol. The SMILES string of the molecule is CCNCC(C)(CC1CC2CCC1C2)C(C)C. The Hall–Kier alpha value is -0.0400. The van der Waals surface area contributed by atoms with Crippen LogP contribution in [0.1, 0.15) is 59.8 Å². The van der Waals surface area contributed by atoms with Crippen molar-refractivity contribution in [1.82, 2.24) is 5.32 Å². The van der Waals surface area contributed by atoms with E-state index in [1.54, 1.807) is 12.8 Å². The van der Waals surface area contributed by atoms with Crippen molar-refractivity contribution < 1.29 is 0 Å². The highest BCUT2D eigenvalue weighted by Crippen LogP contribution is 2.52. The number of fused-ring (bicyclic) bond motifs is 2. The summed E-state index contributed by atoms with van der Waals surface area (Å²) in [4.78, 5) is 0. The standard InChI is InChI=1S/C16H31N/c1-5-17-11-16(4,12(2)3)10-15-9-13-6-7-14(15)8-13/h12-15,17H,5-11H2,1-4H3. The summed E-state index contributed by atoms with van der Waals surface area (Å²) in [5.74, 6) is 4.01. The van der Waals surface area contributed by atoms with Crippen molar-refractivity contribution in [1.29, 1.82) is 0 Å². The highest BCUT2D eigenvalue weighted by molar-refractivity contribution is 4.94. The first-order chi connectivity index (χ1) is 8.05. The summed E-state index contributed by atoms with van der Waals surface area (Å²) in [6.45, 7) is 11.9. The molecule has 2 rings (SSSR count). The Bertz CT molecular complexity index is 248. The number of nitrogens with one attached hydrogen (secondary N) is 1. The Balaban J connectivity index is 1.93. The maximum atomic E-state index is 3.59. The fourth-order valence-electron chi connectivity index (χ4n) is 4.15. The van der Waals surface area contributed by atoms with E-state index in [2.05, 4.69) is 33.0 Å². The quantitative estimate of drug-likeness (QED) is 0.734. The average Bonchev–Trinajstić information content (AvgIpc) is 2.88. The predicted octanol–water partition coefficient (Wildman–Crippen LogP) is 4.08. The lowest BCUT2D eigenvalue weighted by atomic mass is 9.69. The Morgan fingerprint density at radius 1 is 1.24 bits per heavy atom. The number of rotatable bonds is 6. The molecule has 2 aliphatic carbocycles. The van der Waals surface area contributed by atoms with Gasteiger partial charge in [0.05, 0.1) is 0 Å². The molecule has 0 aromatic carbocycles. The molecule has 0 aromatic rings. The number of hydrogen-bond donors (Lipinski definition) is 1. The van der Waals surface area contributed by atoms with Gasteiger partial charge in [0, 0.05) is 6.54 Å². The van der Waals surface area contributed by atoms with Gasteiger partial charge in [-0.05, 0) is 61.3 Å². The maximum Gasteiger partial charge on any atom is 0.000760 e. The molecule has 0 aromatic heterocycles. The van der Waals surface area contributed by atoms with E-state index in [0.717, 1.165) is 30.2 Å². The van der Waals surface area contributed by atoms with Crippen LogP contribution in [0.4, 0.5) is 0 Å². The molecular formula is C16H31N. The van der Waals surface area contributed by atoms with Crippen LogP contribution in [0, 0.1) is 29.1 Å². The summed E-state index contributed by atoms with van der Waals surface area (Å²) in [6.07, 6.45) is 7.62. The zero-order valence-electron chi connectivity index (χ0n) is 12.3. The summed E-state index contributed by atoms with van der Waals surface area (Å²) in [7, 11) is 0. The van der Waals surface area contributed by atoms with E-state index in [-0.39, 0.29) is 0 Å².